The summed E-state index contributed by atoms with van der Waals surface area (Å²) in [5, 5.41) is 12.0. The lowest BCUT2D eigenvalue weighted by Crippen LogP contribution is -2.29. The Morgan fingerprint density at radius 2 is 2.18 bits per heavy atom. The fourth-order valence-corrected chi connectivity index (χ4v) is 2.61. The number of thiocarbonyl (C=S) groups is 1. The molecule has 0 spiro atoms. The molecule has 0 aliphatic carbocycles. The number of hydrogen-bond donors (Lipinski definition) is 2. The molecular weight excluding hydrogens is 384 g/mol. The van der Waals surface area contributed by atoms with Gasteiger partial charge in [0.05, 0.1) is 10.2 Å². The van der Waals surface area contributed by atoms with Crippen molar-refractivity contribution in [2.75, 3.05) is 11.9 Å². The summed E-state index contributed by atoms with van der Waals surface area (Å²) in [6.45, 7) is 5.57. The van der Waals surface area contributed by atoms with Crippen molar-refractivity contribution >= 4 is 50.5 Å². The number of aromatic nitrogens is 2. The molecule has 2 rings (SSSR count). The molecule has 0 amide bonds. The van der Waals surface area contributed by atoms with E-state index in [9.17, 15) is 0 Å². The smallest absolute Gasteiger partial charge is 0.170 e. The minimum atomic E-state index is 0.595. The average Bonchev–Trinajstić information content (AvgIpc) is 2.78. The van der Waals surface area contributed by atoms with E-state index in [2.05, 4.69) is 31.7 Å². The molecule has 0 unspecified atom stereocenters. The zero-order chi connectivity index (χ0) is 16.1. The van der Waals surface area contributed by atoms with Crippen LogP contribution in [0.25, 0.3) is 0 Å². The number of rotatable bonds is 5. The standard InChI is InChI=1S/C15H18BrClN4S/c1-10-4-5-12(8-14(10)17)19-15(22)18-6-3-7-21-9-13(16)11(2)20-21/h4-5,8-9H,3,6-7H2,1-2H3,(H2,18,19,22). The molecule has 0 radical (unpaired) electrons. The van der Waals surface area contributed by atoms with Crippen LogP contribution in [-0.4, -0.2) is 21.4 Å². The molecule has 0 aliphatic rings. The molecule has 0 saturated heterocycles. The summed E-state index contributed by atoms with van der Waals surface area (Å²) in [7, 11) is 0. The molecule has 0 fully saturated rings. The van der Waals surface area contributed by atoms with E-state index in [1.54, 1.807) is 0 Å². The average molecular weight is 402 g/mol. The van der Waals surface area contributed by atoms with E-state index in [1.165, 1.54) is 0 Å². The monoisotopic (exact) mass is 400 g/mol. The van der Waals surface area contributed by atoms with Crippen LogP contribution in [0.1, 0.15) is 17.7 Å². The van der Waals surface area contributed by atoms with E-state index in [0.29, 0.717) is 5.11 Å². The Bertz CT molecular complexity index is 652. The van der Waals surface area contributed by atoms with Crippen LogP contribution in [0.5, 0.6) is 0 Å². The van der Waals surface area contributed by atoms with Gasteiger partial charge in [0.25, 0.3) is 0 Å². The van der Waals surface area contributed by atoms with Crippen molar-refractivity contribution in [2.24, 2.45) is 0 Å². The van der Waals surface area contributed by atoms with Crippen LogP contribution in [0, 0.1) is 13.8 Å². The number of anilines is 1. The molecule has 0 bridgehead atoms. The number of nitrogens with zero attached hydrogens (tertiary/aromatic N) is 2. The van der Waals surface area contributed by atoms with Crippen LogP contribution in [-0.2, 0) is 6.54 Å². The summed E-state index contributed by atoms with van der Waals surface area (Å²) < 4.78 is 2.96. The van der Waals surface area contributed by atoms with E-state index >= 15 is 0 Å². The molecule has 1 aromatic carbocycles. The third-order valence-electron chi connectivity index (χ3n) is 3.17. The summed E-state index contributed by atoms with van der Waals surface area (Å²) in [4.78, 5) is 0. The summed E-state index contributed by atoms with van der Waals surface area (Å²) in [6, 6.07) is 5.79. The molecule has 2 aromatic rings. The minimum absolute atomic E-state index is 0.595. The predicted octanol–water partition coefficient (Wildman–Crippen LogP) is 4.29. The number of nitrogens with one attached hydrogen (secondary N) is 2. The van der Waals surface area contributed by atoms with E-state index in [1.807, 2.05) is 42.9 Å². The van der Waals surface area contributed by atoms with Crippen LogP contribution in [0.15, 0.2) is 28.9 Å². The molecule has 1 heterocycles. The van der Waals surface area contributed by atoms with Gasteiger partial charge in [0.1, 0.15) is 0 Å². The molecule has 0 atom stereocenters. The largest absolute Gasteiger partial charge is 0.362 e. The van der Waals surface area contributed by atoms with Crippen molar-refractivity contribution in [3.05, 3.63) is 45.1 Å². The van der Waals surface area contributed by atoms with Gasteiger partial charge in [-0.05, 0) is 66.1 Å². The van der Waals surface area contributed by atoms with Crippen LogP contribution < -0.4 is 10.6 Å². The first-order chi connectivity index (χ1) is 10.5. The van der Waals surface area contributed by atoms with Gasteiger partial charge in [-0.15, -0.1) is 0 Å². The maximum Gasteiger partial charge on any atom is 0.170 e. The molecule has 1 aromatic heterocycles. The lowest BCUT2D eigenvalue weighted by Gasteiger charge is -2.11. The number of aryl methyl sites for hydroxylation is 3. The van der Waals surface area contributed by atoms with Crippen molar-refractivity contribution in [1.29, 1.82) is 0 Å². The van der Waals surface area contributed by atoms with Gasteiger partial charge in [0.2, 0.25) is 0 Å². The SMILES string of the molecule is Cc1ccc(NC(=S)NCCCn2cc(Br)c(C)n2)cc1Cl. The third-order valence-corrected chi connectivity index (χ3v) is 4.60. The maximum atomic E-state index is 6.09. The quantitative estimate of drug-likeness (QED) is 0.579. The molecule has 4 nitrogen and oxygen atoms in total. The van der Waals surface area contributed by atoms with Gasteiger partial charge < -0.3 is 10.6 Å². The Hall–Kier alpha value is -1.11. The molecule has 0 aliphatic heterocycles. The number of halogens is 2. The van der Waals surface area contributed by atoms with Gasteiger partial charge in [0, 0.05) is 30.0 Å². The van der Waals surface area contributed by atoms with Crippen LogP contribution in [0.4, 0.5) is 5.69 Å². The van der Waals surface area contributed by atoms with E-state index < -0.39 is 0 Å². The van der Waals surface area contributed by atoms with Crippen molar-refractivity contribution in [3.63, 3.8) is 0 Å². The Labute approximate surface area is 149 Å². The van der Waals surface area contributed by atoms with Crippen molar-refractivity contribution in [2.45, 2.75) is 26.8 Å². The van der Waals surface area contributed by atoms with Gasteiger partial charge in [-0.2, -0.15) is 5.10 Å². The highest BCUT2D eigenvalue weighted by molar-refractivity contribution is 9.10. The van der Waals surface area contributed by atoms with Crippen LogP contribution in [0.2, 0.25) is 5.02 Å². The second-order valence-electron chi connectivity index (χ2n) is 5.02. The lowest BCUT2D eigenvalue weighted by molar-refractivity contribution is 0.570. The lowest BCUT2D eigenvalue weighted by atomic mass is 10.2. The van der Waals surface area contributed by atoms with Crippen molar-refractivity contribution < 1.29 is 0 Å². The Kier molecular flexibility index (Phi) is 6.23. The van der Waals surface area contributed by atoms with Crippen LogP contribution in [0.3, 0.4) is 0 Å². The highest BCUT2D eigenvalue weighted by Gasteiger charge is 2.02. The first-order valence-corrected chi connectivity index (χ1v) is 8.54. The van der Waals surface area contributed by atoms with Crippen LogP contribution >= 0.6 is 39.7 Å². The number of benzene rings is 1. The highest BCUT2D eigenvalue weighted by atomic mass is 79.9. The van der Waals surface area contributed by atoms with Crippen molar-refractivity contribution in [1.82, 2.24) is 15.1 Å². The summed E-state index contributed by atoms with van der Waals surface area (Å²) in [6.07, 6.45) is 2.92. The van der Waals surface area contributed by atoms with Gasteiger partial charge in [-0.3, -0.25) is 4.68 Å². The molecule has 2 N–H and O–H groups in total. The highest BCUT2D eigenvalue weighted by Crippen LogP contribution is 2.19. The van der Waals surface area contributed by atoms with E-state index in [-0.39, 0.29) is 0 Å². The summed E-state index contributed by atoms with van der Waals surface area (Å²) >= 11 is 14.8. The Morgan fingerprint density at radius 1 is 1.41 bits per heavy atom. The normalized spacial score (nSPS) is 10.5. The number of hydrogen-bond acceptors (Lipinski definition) is 2. The maximum absolute atomic E-state index is 6.09. The van der Waals surface area contributed by atoms with Gasteiger partial charge in [-0.1, -0.05) is 17.7 Å². The topological polar surface area (TPSA) is 41.9 Å². The summed E-state index contributed by atoms with van der Waals surface area (Å²) in [5.41, 5.74) is 2.94. The molecule has 118 valence electrons. The van der Waals surface area contributed by atoms with E-state index in [0.717, 1.165) is 46.0 Å². The second kappa shape index (κ2) is 7.94. The second-order valence-corrected chi connectivity index (χ2v) is 6.69. The van der Waals surface area contributed by atoms with E-state index in [4.69, 9.17) is 23.8 Å². The van der Waals surface area contributed by atoms with Gasteiger partial charge in [0.15, 0.2) is 5.11 Å². The zero-order valence-corrected chi connectivity index (χ0v) is 15.6. The first kappa shape index (κ1) is 17.2. The summed E-state index contributed by atoms with van der Waals surface area (Å²) in [5.74, 6) is 0. The van der Waals surface area contributed by atoms with Gasteiger partial charge >= 0.3 is 0 Å². The fraction of sp³-hybridized carbons (Fsp3) is 0.333. The Morgan fingerprint density at radius 3 is 2.82 bits per heavy atom. The predicted molar refractivity (Wildman–Crippen MR) is 99.7 cm³/mol. The minimum Gasteiger partial charge on any atom is -0.362 e. The molecule has 0 saturated carbocycles. The molecule has 7 heteroatoms. The first-order valence-electron chi connectivity index (χ1n) is 6.96. The molecule has 22 heavy (non-hydrogen) atoms. The Balaban J connectivity index is 1.72. The van der Waals surface area contributed by atoms with Crippen molar-refractivity contribution in [3.8, 4) is 0 Å². The molecular formula is C15H18BrClN4S. The fourth-order valence-electron chi connectivity index (χ4n) is 1.90. The zero-order valence-electron chi connectivity index (χ0n) is 12.5. The van der Waals surface area contributed by atoms with Gasteiger partial charge in [-0.25, -0.2) is 0 Å². The third kappa shape index (κ3) is 4.97.